The molecule has 0 aliphatic carbocycles. The van der Waals surface area contributed by atoms with Gasteiger partial charge in [0.05, 0.1) is 12.5 Å². The van der Waals surface area contributed by atoms with E-state index in [4.69, 9.17) is 0 Å². The Hall–Kier alpha value is -2.10. The molecular weight excluding hydrogens is 226 g/mol. The molecule has 18 heavy (non-hydrogen) atoms. The van der Waals surface area contributed by atoms with E-state index < -0.39 is 0 Å². The SMILES string of the molecule is CCC(NC(=O)Cc1ccccc1)c1ncc[nH]1. The fourth-order valence-corrected chi connectivity index (χ4v) is 1.86. The first-order valence-electron chi connectivity index (χ1n) is 6.12. The molecule has 1 amide bonds. The minimum atomic E-state index is -0.0452. The Balaban J connectivity index is 1.94. The number of hydrogen-bond acceptors (Lipinski definition) is 2. The average Bonchev–Trinajstić information content (AvgIpc) is 2.91. The second kappa shape index (κ2) is 6.00. The van der Waals surface area contributed by atoms with Crippen molar-refractivity contribution in [3.05, 3.63) is 54.1 Å². The number of carbonyl (C=O) groups excluding carboxylic acids is 1. The largest absolute Gasteiger partial charge is 0.347 e. The summed E-state index contributed by atoms with van der Waals surface area (Å²) in [5.74, 6) is 0.823. The van der Waals surface area contributed by atoms with E-state index in [1.54, 1.807) is 12.4 Å². The molecule has 1 aromatic heterocycles. The van der Waals surface area contributed by atoms with Crippen molar-refractivity contribution >= 4 is 5.91 Å². The van der Waals surface area contributed by atoms with E-state index in [9.17, 15) is 4.79 Å². The third-order valence-electron chi connectivity index (χ3n) is 2.80. The van der Waals surface area contributed by atoms with E-state index in [1.807, 2.05) is 37.3 Å². The molecule has 2 aromatic rings. The van der Waals surface area contributed by atoms with Crippen LogP contribution < -0.4 is 5.32 Å². The van der Waals surface area contributed by atoms with E-state index in [0.717, 1.165) is 17.8 Å². The summed E-state index contributed by atoms with van der Waals surface area (Å²) in [6, 6.07) is 9.68. The van der Waals surface area contributed by atoms with Gasteiger partial charge in [0, 0.05) is 12.4 Å². The highest BCUT2D eigenvalue weighted by Gasteiger charge is 2.14. The van der Waals surface area contributed by atoms with Crippen LogP contribution in [0.25, 0.3) is 0 Å². The van der Waals surface area contributed by atoms with Crippen molar-refractivity contribution in [1.82, 2.24) is 15.3 Å². The average molecular weight is 243 g/mol. The molecular formula is C14H17N3O. The summed E-state index contributed by atoms with van der Waals surface area (Å²) in [6.07, 6.45) is 4.68. The molecule has 0 saturated heterocycles. The van der Waals surface area contributed by atoms with Gasteiger partial charge in [0.2, 0.25) is 5.91 Å². The molecule has 2 rings (SSSR count). The molecule has 0 saturated carbocycles. The van der Waals surface area contributed by atoms with E-state index in [1.165, 1.54) is 0 Å². The summed E-state index contributed by atoms with van der Waals surface area (Å²) in [6.45, 7) is 2.02. The van der Waals surface area contributed by atoms with Crippen molar-refractivity contribution in [2.75, 3.05) is 0 Å². The van der Waals surface area contributed by atoms with Crippen LogP contribution in [-0.4, -0.2) is 15.9 Å². The molecule has 1 atom stereocenters. The van der Waals surface area contributed by atoms with Crippen LogP contribution in [0.5, 0.6) is 0 Å². The molecule has 2 N–H and O–H groups in total. The fourth-order valence-electron chi connectivity index (χ4n) is 1.86. The number of imidazole rings is 1. The number of nitrogens with one attached hydrogen (secondary N) is 2. The van der Waals surface area contributed by atoms with Gasteiger partial charge in [0.25, 0.3) is 0 Å². The van der Waals surface area contributed by atoms with Crippen LogP contribution in [0.15, 0.2) is 42.7 Å². The van der Waals surface area contributed by atoms with Crippen LogP contribution >= 0.6 is 0 Å². The van der Waals surface area contributed by atoms with E-state index in [0.29, 0.717) is 6.42 Å². The van der Waals surface area contributed by atoms with Crippen molar-refractivity contribution in [3.8, 4) is 0 Å². The second-order valence-electron chi connectivity index (χ2n) is 4.17. The highest BCUT2D eigenvalue weighted by Crippen LogP contribution is 2.11. The number of benzene rings is 1. The molecule has 0 fully saturated rings. The first-order chi connectivity index (χ1) is 8.79. The van der Waals surface area contributed by atoms with Crippen LogP contribution in [0, 0.1) is 0 Å². The van der Waals surface area contributed by atoms with Crippen molar-refractivity contribution in [1.29, 1.82) is 0 Å². The molecule has 0 spiro atoms. The highest BCUT2D eigenvalue weighted by atomic mass is 16.1. The molecule has 0 bridgehead atoms. The standard InChI is InChI=1S/C14H17N3O/c1-2-12(14-15-8-9-16-14)17-13(18)10-11-6-4-3-5-7-11/h3-9,12H,2,10H2,1H3,(H,15,16)(H,17,18). The van der Waals surface area contributed by atoms with E-state index in [-0.39, 0.29) is 11.9 Å². The van der Waals surface area contributed by atoms with Crippen molar-refractivity contribution < 1.29 is 4.79 Å². The number of aromatic nitrogens is 2. The van der Waals surface area contributed by atoms with Gasteiger partial charge in [-0.2, -0.15) is 0 Å². The highest BCUT2D eigenvalue weighted by molar-refractivity contribution is 5.78. The number of rotatable bonds is 5. The van der Waals surface area contributed by atoms with Crippen molar-refractivity contribution in [2.24, 2.45) is 0 Å². The molecule has 1 aromatic carbocycles. The summed E-state index contributed by atoms with van der Waals surface area (Å²) in [7, 11) is 0. The third-order valence-corrected chi connectivity index (χ3v) is 2.80. The predicted molar refractivity (Wildman–Crippen MR) is 69.9 cm³/mol. The van der Waals surface area contributed by atoms with Gasteiger partial charge < -0.3 is 10.3 Å². The Morgan fingerprint density at radius 3 is 2.78 bits per heavy atom. The van der Waals surface area contributed by atoms with Gasteiger partial charge in [0.1, 0.15) is 5.82 Å². The van der Waals surface area contributed by atoms with Crippen molar-refractivity contribution in [3.63, 3.8) is 0 Å². The first-order valence-corrected chi connectivity index (χ1v) is 6.12. The van der Waals surface area contributed by atoms with E-state index >= 15 is 0 Å². The summed E-state index contributed by atoms with van der Waals surface area (Å²) in [5, 5.41) is 2.98. The zero-order valence-electron chi connectivity index (χ0n) is 10.4. The Kier molecular flexibility index (Phi) is 4.12. The van der Waals surface area contributed by atoms with Crippen LogP contribution in [-0.2, 0) is 11.2 Å². The maximum absolute atomic E-state index is 11.9. The zero-order chi connectivity index (χ0) is 12.8. The fraction of sp³-hybridized carbons (Fsp3) is 0.286. The van der Waals surface area contributed by atoms with Gasteiger partial charge in [-0.05, 0) is 12.0 Å². The summed E-state index contributed by atoms with van der Waals surface area (Å²) >= 11 is 0. The van der Waals surface area contributed by atoms with Gasteiger partial charge in [0.15, 0.2) is 0 Å². The maximum atomic E-state index is 11.9. The topological polar surface area (TPSA) is 57.8 Å². The normalized spacial score (nSPS) is 12.1. The van der Waals surface area contributed by atoms with Crippen LogP contribution in [0.3, 0.4) is 0 Å². The molecule has 0 aliphatic heterocycles. The minimum Gasteiger partial charge on any atom is -0.347 e. The van der Waals surface area contributed by atoms with E-state index in [2.05, 4.69) is 15.3 Å². The second-order valence-corrected chi connectivity index (χ2v) is 4.17. The third kappa shape index (κ3) is 3.20. The molecule has 0 radical (unpaired) electrons. The van der Waals surface area contributed by atoms with Gasteiger partial charge in [-0.3, -0.25) is 4.79 Å². The number of carbonyl (C=O) groups is 1. The van der Waals surface area contributed by atoms with Gasteiger partial charge in [-0.15, -0.1) is 0 Å². The molecule has 94 valence electrons. The molecule has 1 unspecified atom stereocenters. The zero-order valence-corrected chi connectivity index (χ0v) is 10.4. The number of nitrogens with zero attached hydrogens (tertiary/aromatic N) is 1. The lowest BCUT2D eigenvalue weighted by Crippen LogP contribution is -2.30. The Morgan fingerprint density at radius 1 is 1.39 bits per heavy atom. The van der Waals surface area contributed by atoms with Crippen LogP contribution in [0.2, 0.25) is 0 Å². The predicted octanol–water partition coefficient (Wildman–Crippen LogP) is 2.22. The molecule has 4 heteroatoms. The Bertz CT molecular complexity index is 479. The monoisotopic (exact) mass is 243 g/mol. The number of aromatic amines is 1. The summed E-state index contributed by atoms with van der Waals surface area (Å²) in [5.41, 5.74) is 1.02. The Morgan fingerprint density at radius 2 is 2.17 bits per heavy atom. The molecule has 4 nitrogen and oxygen atoms in total. The maximum Gasteiger partial charge on any atom is 0.225 e. The lowest BCUT2D eigenvalue weighted by atomic mass is 10.1. The lowest BCUT2D eigenvalue weighted by Gasteiger charge is -2.14. The first kappa shape index (κ1) is 12.4. The quantitative estimate of drug-likeness (QED) is 0.846. The number of hydrogen-bond donors (Lipinski definition) is 2. The summed E-state index contributed by atoms with van der Waals surface area (Å²) < 4.78 is 0. The Labute approximate surface area is 106 Å². The van der Waals surface area contributed by atoms with Crippen molar-refractivity contribution in [2.45, 2.75) is 25.8 Å². The lowest BCUT2D eigenvalue weighted by molar-refractivity contribution is -0.121. The van der Waals surface area contributed by atoms with Gasteiger partial charge in [-0.1, -0.05) is 37.3 Å². The van der Waals surface area contributed by atoms with Crippen LogP contribution in [0.4, 0.5) is 0 Å². The number of amides is 1. The van der Waals surface area contributed by atoms with Crippen LogP contribution in [0.1, 0.15) is 30.8 Å². The van der Waals surface area contributed by atoms with Gasteiger partial charge in [-0.25, -0.2) is 4.98 Å². The smallest absolute Gasteiger partial charge is 0.225 e. The summed E-state index contributed by atoms with van der Waals surface area (Å²) in [4.78, 5) is 19.1. The minimum absolute atomic E-state index is 0.0180. The van der Waals surface area contributed by atoms with Gasteiger partial charge >= 0.3 is 0 Å². The molecule has 0 aliphatic rings. The molecule has 1 heterocycles. The number of H-pyrrole nitrogens is 1.